The molecule has 2 heteroatoms. The van der Waals surface area contributed by atoms with Crippen LogP contribution in [0.15, 0.2) is 35.9 Å². The monoisotopic (exact) mass is 258 g/mol. The number of methoxy groups -OCH3 is 1. The second-order valence-corrected chi connectivity index (χ2v) is 5.53. The molecule has 0 N–H and O–H groups in total. The molecular formula is C17H22O2. The predicted molar refractivity (Wildman–Crippen MR) is 76.3 cm³/mol. The quantitative estimate of drug-likeness (QED) is 0.737. The van der Waals surface area contributed by atoms with Crippen LogP contribution in [0, 0.1) is 5.92 Å². The van der Waals surface area contributed by atoms with Gasteiger partial charge in [-0.3, -0.25) is 0 Å². The lowest BCUT2D eigenvalue weighted by Crippen LogP contribution is -2.10. The molecule has 0 radical (unpaired) electrons. The van der Waals surface area contributed by atoms with Gasteiger partial charge in [0.25, 0.3) is 0 Å². The highest BCUT2D eigenvalue weighted by molar-refractivity contribution is 5.31. The molecule has 0 amide bonds. The molecule has 3 rings (SSSR count). The van der Waals surface area contributed by atoms with Gasteiger partial charge in [0, 0.05) is 5.92 Å². The Morgan fingerprint density at radius 1 is 1.11 bits per heavy atom. The van der Waals surface area contributed by atoms with Crippen LogP contribution in [0.4, 0.5) is 0 Å². The largest absolute Gasteiger partial charge is 0.497 e. The number of rotatable bonds is 2. The molecule has 1 aromatic rings. The van der Waals surface area contributed by atoms with Gasteiger partial charge in [0.2, 0.25) is 0 Å². The minimum Gasteiger partial charge on any atom is -0.497 e. The molecule has 0 unspecified atom stereocenters. The van der Waals surface area contributed by atoms with Crippen molar-refractivity contribution in [3.8, 4) is 5.75 Å². The molecule has 0 saturated carbocycles. The molecule has 1 saturated heterocycles. The molecule has 0 aromatic heterocycles. The Morgan fingerprint density at radius 2 is 1.95 bits per heavy atom. The van der Waals surface area contributed by atoms with Crippen molar-refractivity contribution in [3.63, 3.8) is 0 Å². The molecule has 19 heavy (non-hydrogen) atoms. The topological polar surface area (TPSA) is 18.5 Å². The Morgan fingerprint density at radius 3 is 2.74 bits per heavy atom. The van der Waals surface area contributed by atoms with Gasteiger partial charge in [-0.25, -0.2) is 0 Å². The lowest BCUT2D eigenvalue weighted by atomic mass is 9.85. The fraction of sp³-hybridized carbons (Fsp3) is 0.529. The van der Waals surface area contributed by atoms with E-state index in [4.69, 9.17) is 9.47 Å². The van der Waals surface area contributed by atoms with Crippen LogP contribution in [0.25, 0.3) is 0 Å². The van der Waals surface area contributed by atoms with Gasteiger partial charge in [-0.05, 0) is 42.5 Å². The van der Waals surface area contributed by atoms with Crippen LogP contribution in [0.3, 0.4) is 0 Å². The lowest BCUT2D eigenvalue weighted by Gasteiger charge is -2.21. The molecule has 1 fully saturated rings. The molecule has 0 bridgehead atoms. The Hall–Kier alpha value is -1.28. The molecule has 2 atom stereocenters. The van der Waals surface area contributed by atoms with Crippen molar-refractivity contribution < 1.29 is 9.47 Å². The van der Waals surface area contributed by atoms with Crippen molar-refractivity contribution in [3.05, 3.63) is 41.5 Å². The van der Waals surface area contributed by atoms with Gasteiger partial charge in [-0.2, -0.15) is 0 Å². The zero-order valence-electron chi connectivity index (χ0n) is 11.6. The summed E-state index contributed by atoms with van der Waals surface area (Å²) in [6, 6.07) is 8.35. The van der Waals surface area contributed by atoms with Gasteiger partial charge in [-0.15, -0.1) is 0 Å². The fourth-order valence-corrected chi connectivity index (χ4v) is 3.25. The average molecular weight is 258 g/mol. The number of hydrogen-bond donors (Lipinski definition) is 0. The molecule has 1 heterocycles. The van der Waals surface area contributed by atoms with Crippen molar-refractivity contribution in [1.29, 1.82) is 0 Å². The first-order valence-electron chi connectivity index (χ1n) is 7.33. The normalized spacial score (nSPS) is 29.8. The van der Waals surface area contributed by atoms with Crippen molar-refractivity contribution in [2.24, 2.45) is 5.92 Å². The van der Waals surface area contributed by atoms with Gasteiger partial charge in [0.1, 0.15) is 5.75 Å². The van der Waals surface area contributed by atoms with Crippen molar-refractivity contribution in [1.82, 2.24) is 0 Å². The number of fused-ring (bicyclic) bond motifs is 1. The maximum atomic E-state index is 6.06. The highest BCUT2D eigenvalue weighted by Gasteiger charge is 2.33. The summed E-state index contributed by atoms with van der Waals surface area (Å²) in [5.41, 5.74) is 2.82. The smallest absolute Gasteiger partial charge is 0.118 e. The fourth-order valence-electron chi connectivity index (χ4n) is 3.25. The SMILES string of the molecule is COc1ccc([C@@H]2OC/C3=C/CCCCC[C@H]32)cc1. The van der Waals surface area contributed by atoms with E-state index in [2.05, 4.69) is 18.2 Å². The highest BCUT2D eigenvalue weighted by Crippen LogP contribution is 2.42. The Kier molecular flexibility index (Phi) is 3.88. The molecule has 0 spiro atoms. The minimum absolute atomic E-state index is 0.246. The summed E-state index contributed by atoms with van der Waals surface area (Å²) >= 11 is 0. The Balaban J connectivity index is 1.81. The van der Waals surface area contributed by atoms with Crippen LogP contribution in [-0.4, -0.2) is 13.7 Å². The van der Waals surface area contributed by atoms with Crippen LogP contribution in [0.1, 0.15) is 43.8 Å². The molecule has 1 aliphatic heterocycles. The first kappa shape index (κ1) is 12.7. The average Bonchev–Trinajstić information content (AvgIpc) is 2.81. The third-order valence-electron chi connectivity index (χ3n) is 4.34. The van der Waals surface area contributed by atoms with E-state index in [1.807, 2.05) is 12.1 Å². The van der Waals surface area contributed by atoms with Gasteiger partial charge in [-0.1, -0.05) is 31.1 Å². The van der Waals surface area contributed by atoms with Crippen LogP contribution < -0.4 is 4.74 Å². The second-order valence-electron chi connectivity index (χ2n) is 5.53. The summed E-state index contributed by atoms with van der Waals surface area (Å²) in [6.45, 7) is 0.821. The van der Waals surface area contributed by atoms with Crippen molar-refractivity contribution in [2.75, 3.05) is 13.7 Å². The standard InChI is InChI=1S/C17H22O2/c1-18-15-10-8-13(9-11-15)17-16-7-5-3-2-4-6-14(16)12-19-17/h6,8-11,16-17H,2-5,7,12H2,1H3/b14-6-/t16-,17+/m1/s1. The number of benzene rings is 1. The van der Waals surface area contributed by atoms with Gasteiger partial charge >= 0.3 is 0 Å². The summed E-state index contributed by atoms with van der Waals surface area (Å²) in [5, 5.41) is 0. The summed E-state index contributed by atoms with van der Waals surface area (Å²) in [6.07, 6.45) is 9.19. The molecule has 102 valence electrons. The molecule has 2 nitrogen and oxygen atoms in total. The van der Waals surface area contributed by atoms with Crippen LogP contribution >= 0.6 is 0 Å². The first-order valence-corrected chi connectivity index (χ1v) is 7.33. The van der Waals surface area contributed by atoms with Crippen LogP contribution in [0.2, 0.25) is 0 Å². The zero-order valence-corrected chi connectivity index (χ0v) is 11.6. The molecular weight excluding hydrogens is 236 g/mol. The van der Waals surface area contributed by atoms with E-state index < -0.39 is 0 Å². The lowest BCUT2D eigenvalue weighted by molar-refractivity contribution is 0.0882. The molecule has 1 aliphatic carbocycles. The van der Waals surface area contributed by atoms with Crippen LogP contribution in [0.5, 0.6) is 5.75 Å². The third-order valence-corrected chi connectivity index (χ3v) is 4.34. The first-order chi connectivity index (χ1) is 9.38. The van der Waals surface area contributed by atoms with Gasteiger partial charge in [0.05, 0.1) is 19.8 Å². The van der Waals surface area contributed by atoms with E-state index in [1.54, 1.807) is 7.11 Å². The van der Waals surface area contributed by atoms with E-state index in [0.717, 1.165) is 12.4 Å². The van der Waals surface area contributed by atoms with E-state index in [9.17, 15) is 0 Å². The third kappa shape index (κ3) is 2.69. The van der Waals surface area contributed by atoms with Gasteiger partial charge in [0.15, 0.2) is 0 Å². The summed E-state index contributed by atoms with van der Waals surface area (Å²) in [4.78, 5) is 0. The van der Waals surface area contributed by atoms with Gasteiger partial charge < -0.3 is 9.47 Å². The second kappa shape index (κ2) is 5.79. The maximum absolute atomic E-state index is 6.06. The molecule has 1 aromatic carbocycles. The van der Waals surface area contributed by atoms with Crippen molar-refractivity contribution >= 4 is 0 Å². The Labute approximate surface area is 115 Å². The minimum atomic E-state index is 0.246. The highest BCUT2D eigenvalue weighted by atomic mass is 16.5. The maximum Gasteiger partial charge on any atom is 0.118 e. The summed E-state index contributed by atoms with van der Waals surface area (Å²) in [7, 11) is 1.71. The number of allylic oxidation sites excluding steroid dienone is 1. The number of hydrogen-bond acceptors (Lipinski definition) is 2. The van der Waals surface area contributed by atoms with Crippen LogP contribution in [-0.2, 0) is 4.74 Å². The van der Waals surface area contributed by atoms with Crippen molar-refractivity contribution in [2.45, 2.75) is 38.2 Å². The number of ether oxygens (including phenoxy) is 2. The zero-order chi connectivity index (χ0) is 13.1. The van der Waals surface area contributed by atoms with E-state index in [0.29, 0.717) is 5.92 Å². The Bertz CT molecular complexity index is 447. The predicted octanol–water partition coefficient (Wildman–Crippen LogP) is 4.27. The summed E-state index contributed by atoms with van der Waals surface area (Å²) in [5.74, 6) is 1.50. The van der Waals surface area contributed by atoms with E-state index >= 15 is 0 Å². The van der Waals surface area contributed by atoms with E-state index in [1.165, 1.54) is 43.2 Å². The molecule has 2 aliphatic rings. The summed E-state index contributed by atoms with van der Waals surface area (Å²) < 4.78 is 11.3. The van der Waals surface area contributed by atoms with E-state index in [-0.39, 0.29) is 6.10 Å².